The highest BCUT2D eigenvalue weighted by atomic mass is 32.1. The van der Waals surface area contributed by atoms with Gasteiger partial charge in [-0.1, -0.05) is 0 Å². The van der Waals surface area contributed by atoms with Crippen LogP contribution in [0.3, 0.4) is 0 Å². The van der Waals surface area contributed by atoms with Crippen molar-refractivity contribution in [3.05, 3.63) is 40.1 Å². The predicted octanol–water partition coefficient (Wildman–Crippen LogP) is 3.54. The number of rotatable bonds is 3. The molecule has 0 unspecified atom stereocenters. The highest BCUT2D eigenvalue weighted by Gasteiger charge is 2.18. The van der Waals surface area contributed by atoms with Crippen LogP contribution in [-0.4, -0.2) is 19.7 Å². The molecule has 0 saturated carbocycles. The molecule has 3 aromatic heterocycles. The van der Waals surface area contributed by atoms with E-state index in [4.69, 9.17) is 4.42 Å². The van der Waals surface area contributed by atoms with Gasteiger partial charge in [-0.25, -0.2) is 4.98 Å². The lowest BCUT2D eigenvalue weighted by atomic mass is 9.99. The molecule has 0 N–H and O–H groups in total. The van der Waals surface area contributed by atoms with Crippen molar-refractivity contribution in [1.29, 1.82) is 0 Å². The number of aryl methyl sites for hydroxylation is 3. The van der Waals surface area contributed by atoms with Crippen LogP contribution in [0.5, 0.6) is 0 Å². The van der Waals surface area contributed by atoms with Crippen molar-refractivity contribution in [3.63, 3.8) is 0 Å². The van der Waals surface area contributed by atoms with Gasteiger partial charge in [0.2, 0.25) is 5.89 Å². The Labute approximate surface area is 133 Å². The molecule has 1 aliphatic carbocycles. The number of hydrogen-bond acceptors (Lipinski definition) is 5. The molecule has 1 aliphatic rings. The summed E-state index contributed by atoms with van der Waals surface area (Å²) in [4.78, 5) is 6.89. The first-order valence-corrected chi connectivity index (χ1v) is 8.45. The second kappa shape index (κ2) is 5.35. The first-order valence-electron chi connectivity index (χ1n) is 7.63. The van der Waals surface area contributed by atoms with Gasteiger partial charge in [0.05, 0.1) is 16.9 Å². The zero-order valence-corrected chi connectivity index (χ0v) is 13.6. The van der Waals surface area contributed by atoms with Gasteiger partial charge in [0.15, 0.2) is 0 Å². The summed E-state index contributed by atoms with van der Waals surface area (Å²) >= 11 is 1.80. The van der Waals surface area contributed by atoms with Crippen LogP contribution in [-0.2, 0) is 19.4 Å². The molecule has 114 valence electrons. The van der Waals surface area contributed by atoms with Crippen molar-refractivity contribution in [1.82, 2.24) is 19.7 Å². The molecule has 3 heterocycles. The lowest BCUT2D eigenvalue weighted by Gasteiger charge is -2.08. The standard InChI is InChI=1S/C16H18N4OS/c1-10-11(2)20(9-17-10)8-15-18-19-16(21-15)14-7-12-5-3-4-6-13(12)22-14/h7,9H,3-6,8H2,1-2H3. The molecule has 5 nitrogen and oxygen atoms in total. The van der Waals surface area contributed by atoms with Crippen molar-refractivity contribution in [3.8, 4) is 10.8 Å². The maximum atomic E-state index is 5.86. The third-order valence-electron chi connectivity index (χ3n) is 4.33. The molecule has 0 atom stereocenters. The summed E-state index contributed by atoms with van der Waals surface area (Å²) in [5.41, 5.74) is 3.63. The Balaban J connectivity index is 1.58. The fourth-order valence-corrected chi connectivity index (χ4v) is 4.04. The van der Waals surface area contributed by atoms with E-state index >= 15 is 0 Å². The maximum absolute atomic E-state index is 5.86. The molecule has 0 aromatic carbocycles. The van der Waals surface area contributed by atoms with Crippen molar-refractivity contribution in [2.45, 2.75) is 46.1 Å². The van der Waals surface area contributed by atoms with E-state index in [1.54, 1.807) is 11.3 Å². The molecule has 0 aliphatic heterocycles. The van der Waals surface area contributed by atoms with E-state index in [-0.39, 0.29) is 0 Å². The van der Waals surface area contributed by atoms with E-state index in [9.17, 15) is 0 Å². The van der Waals surface area contributed by atoms with Crippen molar-refractivity contribution in [2.24, 2.45) is 0 Å². The predicted molar refractivity (Wildman–Crippen MR) is 85.1 cm³/mol. The topological polar surface area (TPSA) is 56.7 Å². The molecule has 0 saturated heterocycles. The third kappa shape index (κ3) is 2.37. The Morgan fingerprint density at radius 1 is 1.23 bits per heavy atom. The SMILES string of the molecule is Cc1ncn(Cc2nnc(-c3cc4c(s3)CCCC4)o2)c1C. The third-order valence-corrected chi connectivity index (χ3v) is 5.55. The van der Waals surface area contributed by atoms with Gasteiger partial charge in [0.25, 0.3) is 5.89 Å². The molecule has 0 spiro atoms. The van der Waals surface area contributed by atoms with E-state index in [0.29, 0.717) is 18.3 Å². The minimum atomic E-state index is 0.574. The lowest BCUT2D eigenvalue weighted by Crippen LogP contribution is -2.00. The summed E-state index contributed by atoms with van der Waals surface area (Å²) in [7, 11) is 0. The van der Waals surface area contributed by atoms with Gasteiger partial charge in [-0.05, 0) is 51.2 Å². The van der Waals surface area contributed by atoms with E-state index in [1.165, 1.54) is 36.1 Å². The smallest absolute Gasteiger partial charge is 0.257 e. The quantitative estimate of drug-likeness (QED) is 0.742. The molecule has 22 heavy (non-hydrogen) atoms. The van der Waals surface area contributed by atoms with Crippen LogP contribution in [0, 0.1) is 13.8 Å². The molecule has 0 amide bonds. The normalized spacial score (nSPS) is 14.3. The molecule has 3 aromatic rings. The minimum absolute atomic E-state index is 0.574. The van der Waals surface area contributed by atoms with Crippen LogP contribution in [0.1, 0.15) is 40.6 Å². The summed E-state index contributed by atoms with van der Waals surface area (Å²) in [5, 5.41) is 8.41. The lowest BCUT2D eigenvalue weighted by molar-refractivity contribution is 0.486. The van der Waals surface area contributed by atoms with Gasteiger partial charge in [0, 0.05) is 10.6 Å². The number of fused-ring (bicyclic) bond motifs is 1. The van der Waals surface area contributed by atoms with Gasteiger partial charge in [-0.2, -0.15) is 0 Å². The van der Waals surface area contributed by atoms with Crippen molar-refractivity contribution < 1.29 is 4.42 Å². The summed E-state index contributed by atoms with van der Waals surface area (Å²) < 4.78 is 7.89. The number of aromatic nitrogens is 4. The number of hydrogen-bond donors (Lipinski definition) is 0. The van der Waals surface area contributed by atoms with Crippen LogP contribution in [0.15, 0.2) is 16.8 Å². The summed E-state index contributed by atoms with van der Waals surface area (Å²) in [6.45, 7) is 4.62. The van der Waals surface area contributed by atoms with E-state index < -0.39 is 0 Å². The number of imidazole rings is 1. The Bertz CT molecular complexity index is 791. The summed E-state index contributed by atoms with van der Waals surface area (Å²) in [6.07, 6.45) is 6.77. The van der Waals surface area contributed by atoms with Crippen molar-refractivity contribution in [2.75, 3.05) is 0 Å². The van der Waals surface area contributed by atoms with E-state index in [2.05, 4.69) is 21.2 Å². The second-order valence-electron chi connectivity index (χ2n) is 5.81. The molecular weight excluding hydrogens is 296 g/mol. The van der Waals surface area contributed by atoms with Crippen LogP contribution in [0.2, 0.25) is 0 Å². The molecule has 4 rings (SSSR count). The first-order chi connectivity index (χ1) is 10.7. The molecule has 0 radical (unpaired) electrons. The molecular formula is C16H18N4OS. The zero-order chi connectivity index (χ0) is 15.1. The van der Waals surface area contributed by atoms with Crippen molar-refractivity contribution >= 4 is 11.3 Å². The van der Waals surface area contributed by atoms with Crippen LogP contribution in [0.25, 0.3) is 10.8 Å². The Kier molecular flexibility index (Phi) is 3.33. The fraction of sp³-hybridized carbons (Fsp3) is 0.438. The van der Waals surface area contributed by atoms with E-state index in [0.717, 1.165) is 16.3 Å². The number of nitrogens with zero attached hydrogens (tertiary/aromatic N) is 4. The Morgan fingerprint density at radius 3 is 2.86 bits per heavy atom. The molecule has 0 fully saturated rings. The van der Waals surface area contributed by atoms with Gasteiger partial charge in [-0.3, -0.25) is 0 Å². The van der Waals surface area contributed by atoms with Gasteiger partial charge in [0.1, 0.15) is 6.54 Å². The fourth-order valence-electron chi connectivity index (χ4n) is 2.86. The minimum Gasteiger partial charge on any atom is -0.418 e. The summed E-state index contributed by atoms with van der Waals surface area (Å²) in [5.74, 6) is 1.27. The number of thiophene rings is 1. The van der Waals surface area contributed by atoms with Crippen LogP contribution >= 0.6 is 11.3 Å². The highest BCUT2D eigenvalue weighted by Crippen LogP contribution is 2.35. The summed E-state index contributed by atoms with van der Waals surface area (Å²) in [6, 6.07) is 2.23. The molecule has 0 bridgehead atoms. The Hall–Kier alpha value is -1.95. The van der Waals surface area contributed by atoms with Crippen LogP contribution < -0.4 is 0 Å². The average Bonchev–Trinajstić information content (AvgIpc) is 3.22. The monoisotopic (exact) mass is 314 g/mol. The largest absolute Gasteiger partial charge is 0.418 e. The Morgan fingerprint density at radius 2 is 2.09 bits per heavy atom. The second-order valence-corrected chi connectivity index (χ2v) is 6.95. The average molecular weight is 314 g/mol. The van der Waals surface area contributed by atoms with Crippen LogP contribution in [0.4, 0.5) is 0 Å². The van der Waals surface area contributed by atoms with Gasteiger partial charge >= 0.3 is 0 Å². The maximum Gasteiger partial charge on any atom is 0.257 e. The highest BCUT2D eigenvalue weighted by molar-refractivity contribution is 7.15. The zero-order valence-electron chi connectivity index (χ0n) is 12.8. The molecule has 6 heteroatoms. The van der Waals surface area contributed by atoms with Gasteiger partial charge < -0.3 is 8.98 Å². The van der Waals surface area contributed by atoms with Gasteiger partial charge in [-0.15, -0.1) is 21.5 Å². The van der Waals surface area contributed by atoms with E-state index in [1.807, 2.05) is 24.7 Å². The first kappa shape index (κ1) is 13.7.